The van der Waals surface area contributed by atoms with E-state index in [1.54, 1.807) is 18.0 Å². The van der Waals surface area contributed by atoms with Crippen LogP contribution in [0.4, 0.5) is 5.69 Å². The van der Waals surface area contributed by atoms with Gasteiger partial charge in [-0.2, -0.15) is 0 Å². The van der Waals surface area contributed by atoms with Gasteiger partial charge in [0.1, 0.15) is 10.6 Å². The van der Waals surface area contributed by atoms with Crippen LogP contribution >= 0.6 is 11.3 Å². The molecule has 2 aromatic rings. The molecule has 0 spiro atoms. The molecule has 132 valence electrons. The van der Waals surface area contributed by atoms with Crippen LogP contribution in [0.25, 0.3) is 0 Å². The van der Waals surface area contributed by atoms with Gasteiger partial charge in [-0.1, -0.05) is 26.0 Å². The van der Waals surface area contributed by atoms with Crippen LogP contribution in [0, 0.1) is 6.92 Å². The van der Waals surface area contributed by atoms with E-state index in [4.69, 9.17) is 4.74 Å². The lowest BCUT2D eigenvalue weighted by atomic mass is 10.1. The first kappa shape index (κ1) is 17.4. The smallest absolute Gasteiger partial charge is 0.270 e. The van der Waals surface area contributed by atoms with Gasteiger partial charge in [0, 0.05) is 13.0 Å². The third kappa shape index (κ3) is 3.24. The van der Waals surface area contributed by atoms with Gasteiger partial charge < -0.3 is 10.1 Å². The zero-order chi connectivity index (χ0) is 18.1. The summed E-state index contributed by atoms with van der Waals surface area (Å²) in [5.74, 6) is 0.394. The summed E-state index contributed by atoms with van der Waals surface area (Å²) < 4.78 is 5.76. The molecule has 2 amide bonds. The lowest BCUT2D eigenvalue weighted by Gasteiger charge is -2.33. The Morgan fingerprint density at radius 1 is 1.36 bits per heavy atom. The maximum absolute atomic E-state index is 13.2. The first-order valence-corrected chi connectivity index (χ1v) is 9.00. The third-order valence-electron chi connectivity index (χ3n) is 4.06. The molecule has 1 aromatic heterocycles. The highest BCUT2D eigenvalue weighted by Crippen LogP contribution is 2.35. The number of anilines is 1. The van der Waals surface area contributed by atoms with E-state index in [1.165, 1.54) is 11.3 Å². The van der Waals surface area contributed by atoms with Crippen molar-refractivity contribution in [3.8, 4) is 5.75 Å². The number of carbonyl (C=O) groups excluding carboxylic acids is 2. The summed E-state index contributed by atoms with van der Waals surface area (Å²) in [4.78, 5) is 32.0. The molecule has 1 N–H and O–H groups in total. The fraction of sp³-hybridized carbons (Fsp3) is 0.389. The largest absolute Gasteiger partial charge is 0.477 e. The number of para-hydroxylation sites is 2. The zero-order valence-corrected chi connectivity index (χ0v) is 15.5. The molecule has 1 aromatic carbocycles. The number of nitrogens with one attached hydrogen (secondary N) is 1. The van der Waals surface area contributed by atoms with Crippen molar-refractivity contribution >= 4 is 28.8 Å². The molecule has 6 nitrogen and oxygen atoms in total. The number of likely N-dealkylation sites (N-methyl/N-ethyl adjacent to an activating group) is 1. The number of hydrogen-bond donors (Lipinski definition) is 1. The fourth-order valence-corrected chi connectivity index (χ4v) is 3.73. The first-order chi connectivity index (χ1) is 11.9. The van der Waals surface area contributed by atoms with Crippen molar-refractivity contribution in [1.82, 2.24) is 10.3 Å². The predicted molar refractivity (Wildman–Crippen MR) is 97.5 cm³/mol. The molecule has 7 heteroatoms. The van der Waals surface area contributed by atoms with Gasteiger partial charge in [-0.3, -0.25) is 14.5 Å². The highest BCUT2D eigenvalue weighted by atomic mass is 32.1. The van der Waals surface area contributed by atoms with Crippen LogP contribution < -0.4 is 15.0 Å². The van der Waals surface area contributed by atoms with E-state index in [2.05, 4.69) is 24.1 Å². The fourth-order valence-electron chi connectivity index (χ4n) is 2.71. The monoisotopic (exact) mass is 359 g/mol. The van der Waals surface area contributed by atoms with Crippen molar-refractivity contribution in [1.29, 1.82) is 0 Å². The molecule has 1 atom stereocenters. The van der Waals surface area contributed by atoms with E-state index in [0.29, 0.717) is 16.3 Å². The Morgan fingerprint density at radius 2 is 2.08 bits per heavy atom. The summed E-state index contributed by atoms with van der Waals surface area (Å²) in [6.45, 7) is 6.12. The van der Waals surface area contributed by atoms with E-state index in [1.807, 2.05) is 25.1 Å². The molecular weight excluding hydrogens is 338 g/mol. The molecule has 3 rings (SSSR count). The van der Waals surface area contributed by atoms with Gasteiger partial charge in [-0.25, -0.2) is 4.98 Å². The zero-order valence-electron chi connectivity index (χ0n) is 14.7. The Bertz CT molecular complexity index is 816. The molecule has 0 saturated carbocycles. The molecular formula is C18H21N3O3S. The number of rotatable bonds is 3. The van der Waals surface area contributed by atoms with Crippen LogP contribution in [0.1, 0.15) is 40.1 Å². The molecule has 25 heavy (non-hydrogen) atoms. The Morgan fingerprint density at radius 3 is 2.72 bits per heavy atom. The summed E-state index contributed by atoms with van der Waals surface area (Å²) >= 11 is 1.42. The molecule has 0 aliphatic carbocycles. The average Bonchev–Trinajstić information content (AvgIpc) is 3.01. The van der Waals surface area contributed by atoms with Crippen LogP contribution in [-0.2, 0) is 4.79 Å². The van der Waals surface area contributed by atoms with Gasteiger partial charge in [0.2, 0.25) is 0 Å². The average molecular weight is 359 g/mol. The maximum Gasteiger partial charge on any atom is 0.270 e. The van der Waals surface area contributed by atoms with E-state index in [-0.39, 0.29) is 24.3 Å². The number of ether oxygens (including phenoxy) is 1. The summed E-state index contributed by atoms with van der Waals surface area (Å²) in [5.41, 5.74) is 1.39. The Labute approximate surface area is 150 Å². The van der Waals surface area contributed by atoms with Gasteiger partial charge in [0.25, 0.3) is 11.8 Å². The van der Waals surface area contributed by atoms with Crippen LogP contribution in [0.15, 0.2) is 24.3 Å². The standard InChI is InChI=1S/C18H21N3O3S/c1-10(2)17-20-11(3)15(25-17)18(23)21-9-14(16(22)19-4)24-13-8-6-5-7-12(13)21/h5-8,10,14H,9H2,1-4H3,(H,19,22)/t14-/m0/s1. The van der Waals surface area contributed by atoms with Gasteiger partial charge in [-0.15, -0.1) is 11.3 Å². The predicted octanol–water partition coefficient (Wildman–Crippen LogP) is 2.73. The number of hydrogen-bond acceptors (Lipinski definition) is 5. The highest BCUT2D eigenvalue weighted by molar-refractivity contribution is 7.14. The molecule has 2 heterocycles. The molecule has 1 aliphatic heterocycles. The molecule has 0 radical (unpaired) electrons. The number of aromatic nitrogens is 1. The number of nitrogens with zero attached hydrogens (tertiary/aromatic N) is 2. The van der Waals surface area contributed by atoms with Crippen molar-refractivity contribution in [2.75, 3.05) is 18.5 Å². The minimum absolute atomic E-state index is 0.147. The van der Waals surface area contributed by atoms with Gasteiger partial charge >= 0.3 is 0 Å². The quantitative estimate of drug-likeness (QED) is 0.915. The SMILES string of the molecule is CNC(=O)[C@@H]1CN(C(=O)c2sc(C(C)C)nc2C)c2ccccc2O1. The van der Waals surface area contributed by atoms with Gasteiger partial charge in [0.15, 0.2) is 6.10 Å². The molecule has 0 fully saturated rings. The second-order valence-corrected chi connectivity index (χ2v) is 7.26. The summed E-state index contributed by atoms with van der Waals surface area (Å²) in [6, 6.07) is 7.27. The number of amides is 2. The Hall–Kier alpha value is -2.41. The topological polar surface area (TPSA) is 71.5 Å². The van der Waals surface area contributed by atoms with Crippen LogP contribution in [-0.4, -0.2) is 36.5 Å². The summed E-state index contributed by atoms with van der Waals surface area (Å²) in [6.07, 6.45) is -0.735. The maximum atomic E-state index is 13.2. The van der Waals surface area contributed by atoms with Gasteiger partial charge in [0.05, 0.1) is 22.9 Å². The van der Waals surface area contributed by atoms with E-state index >= 15 is 0 Å². The minimum atomic E-state index is -0.735. The van der Waals surface area contributed by atoms with Crippen molar-refractivity contribution < 1.29 is 14.3 Å². The van der Waals surface area contributed by atoms with Crippen LogP contribution in [0.3, 0.4) is 0 Å². The van der Waals surface area contributed by atoms with Crippen molar-refractivity contribution in [3.63, 3.8) is 0 Å². The Balaban J connectivity index is 1.99. The number of benzene rings is 1. The van der Waals surface area contributed by atoms with Crippen LogP contribution in [0.5, 0.6) is 5.75 Å². The number of thiazole rings is 1. The normalized spacial score (nSPS) is 16.4. The number of carbonyl (C=O) groups is 2. The highest BCUT2D eigenvalue weighted by Gasteiger charge is 2.35. The van der Waals surface area contributed by atoms with E-state index in [0.717, 1.165) is 10.7 Å². The summed E-state index contributed by atoms with van der Waals surface area (Å²) in [5, 5.41) is 3.52. The number of aryl methyl sites for hydroxylation is 1. The second-order valence-electron chi connectivity index (χ2n) is 6.23. The van der Waals surface area contributed by atoms with E-state index < -0.39 is 6.10 Å². The van der Waals surface area contributed by atoms with Crippen molar-refractivity contribution in [2.24, 2.45) is 0 Å². The minimum Gasteiger partial charge on any atom is -0.477 e. The molecule has 1 aliphatic rings. The van der Waals surface area contributed by atoms with Crippen LogP contribution in [0.2, 0.25) is 0 Å². The van der Waals surface area contributed by atoms with Crippen molar-refractivity contribution in [3.05, 3.63) is 39.8 Å². The lowest BCUT2D eigenvalue weighted by molar-refractivity contribution is -0.127. The first-order valence-electron chi connectivity index (χ1n) is 8.18. The summed E-state index contributed by atoms with van der Waals surface area (Å²) in [7, 11) is 1.56. The Kier molecular flexibility index (Phi) is 4.76. The molecule has 0 saturated heterocycles. The number of fused-ring (bicyclic) bond motifs is 1. The third-order valence-corrected chi connectivity index (χ3v) is 5.50. The second kappa shape index (κ2) is 6.84. The molecule has 0 unspecified atom stereocenters. The van der Waals surface area contributed by atoms with E-state index in [9.17, 15) is 9.59 Å². The van der Waals surface area contributed by atoms with Crippen molar-refractivity contribution in [2.45, 2.75) is 32.8 Å². The lowest BCUT2D eigenvalue weighted by Crippen LogP contribution is -2.50. The molecule has 0 bridgehead atoms. The van der Waals surface area contributed by atoms with Gasteiger partial charge in [-0.05, 0) is 19.1 Å².